The van der Waals surface area contributed by atoms with Crippen molar-refractivity contribution in [2.24, 2.45) is 0 Å². The second kappa shape index (κ2) is 10.3. The maximum Gasteiger partial charge on any atom is 0.255 e. The number of hydrogen-bond acceptors (Lipinski definition) is 5. The number of rotatable bonds is 8. The van der Waals surface area contributed by atoms with Gasteiger partial charge in [-0.15, -0.1) is 0 Å². The molecule has 168 valence electrons. The molecule has 0 spiro atoms. The van der Waals surface area contributed by atoms with Crippen LogP contribution in [0.15, 0.2) is 47.4 Å². The molecule has 0 bridgehead atoms. The maximum atomic E-state index is 13.4. The lowest BCUT2D eigenvalue weighted by Gasteiger charge is -2.27. The van der Waals surface area contributed by atoms with Crippen molar-refractivity contribution in [1.29, 1.82) is 0 Å². The Hall–Kier alpha value is -2.33. The fraction of sp³-hybridized carbons (Fsp3) is 0.409. The lowest BCUT2D eigenvalue weighted by molar-refractivity contribution is 0.0366. The van der Waals surface area contributed by atoms with E-state index in [2.05, 4.69) is 14.9 Å². The summed E-state index contributed by atoms with van der Waals surface area (Å²) in [5.74, 6) is -0.830. The number of halogens is 1. The van der Waals surface area contributed by atoms with Gasteiger partial charge in [-0.25, -0.2) is 17.5 Å². The number of sulfonamides is 1. The van der Waals surface area contributed by atoms with Crippen LogP contribution >= 0.6 is 0 Å². The highest BCUT2D eigenvalue weighted by Gasteiger charge is 2.20. The number of ether oxygens (including phenoxy) is 1. The second-order valence-corrected chi connectivity index (χ2v) is 9.42. The van der Waals surface area contributed by atoms with E-state index in [9.17, 15) is 17.6 Å². The molecule has 1 amide bonds. The molecule has 0 aromatic heterocycles. The summed E-state index contributed by atoms with van der Waals surface area (Å²) in [5.41, 5.74) is 1.04. The molecular formula is C22H28FN3O4S. The van der Waals surface area contributed by atoms with E-state index in [-0.39, 0.29) is 22.3 Å². The molecule has 2 aromatic rings. The Kier molecular flexibility index (Phi) is 7.77. The highest BCUT2D eigenvalue weighted by molar-refractivity contribution is 7.89. The van der Waals surface area contributed by atoms with E-state index in [0.29, 0.717) is 30.9 Å². The van der Waals surface area contributed by atoms with Gasteiger partial charge in [-0.1, -0.05) is 6.07 Å². The molecule has 1 aliphatic heterocycles. The van der Waals surface area contributed by atoms with Crippen LogP contribution in [-0.2, 0) is 14.8 Å². The Morgan fingerprint density at radius 2 is 1.94 bits per heavy atom. The van der Waals surface area contributed by atoms with Gasteiger partial charge in [-0.3, -0.25) is 9.69 Å². The second-order valence-electron chi connectivity index (χ2n) is 7.71. The van der Waals surface area contributed by atoms with Crippen LogP contribution in [0.1, 0.15) is 29.3 Å². The maximum absolute atomic E-state index is 13.4. The molecule has 1 unspecified atom stereocenters. The number of nitrogens with one attached hydrogen (secondary N) is 2. The van der Waals surface area contributed by atoms with Crippen LogP contribution in [0.3, 0.4) is 0 Å². The number of aryl methyl sites for hydroxylation is 1. The van der Waals surface area contributed by atoms with Gasteiger partial charge in [-0.2, -0.15) is 0 Å². The zero-order chi connectivity index (χ0) is 22.4. The Labute approximate surface area is 182 Å². The third-order valence-corrected chi connectivity index (χ3v) is 6.75. The van der Waals surface area contributed by atoms with E-state index >= 15 is 0 Å². The van der Waals surface area contributed by atoms with Crippen LogP contribution in [0.2, 0.25) is 0 Å². The van der Waals surface area contributed by atoms with Crippen LogP contribution in [0, 0.1) is 12.7 Å². The topological polar surface area (TPSA) is 87.7 Å². The molecule has 0 radical (unpaired) electrons. The molecule has 1 aliphatic rings. The van der Waals surface area contributed by atoms with E-state index in [1.165, 1.54) is 42.5 Å². The fourth-order valence-electron chi connectivity index (χ4n) is 3.32. The van der Waals surface area contributed by atoms with Crippen LogP contribution in [0.5, 0.6) is 0 Å². The average Bonchev–Trinajstić information content (AvgIpc) is 2.75. The fourth-order valence-corrected chi connectivity index (χ4v) is 4.65. The minimum atomic E-state index is -3.78. The number of anilines is 1. The van der Waals surface area contributed by atoms with E-state index in [1.54, 1.807) is 6.92 Å². The largest absolute Gasteiger partial charge is 0.379 e. The summed E-state index contributed by atoms with van der Waals surface area (Å²) in [6.07, 6.45) is 0.670. The van der Waals surface area contributed by atoms with E-state index in [1.807, 2.05) is 6.92 Å². The van der Waals surface area contributed by atoms with Crippen LogP contribution in [-0.4, -0.2) is 58.1 Å². The lowest BCUT2D eigenvalue weighted by atomic mass is 10.2. The van der Waals surface area contributed by atoms with Crippen molar-refractivity contribution in [3.8, 4) is 0 Å². The molecule has 1 atom stereocenters. The minimum absolute atomic E-state index is 0.0219. The molecular weight excluding hydrogens is 421 g/mol. The van der Waals surface area contributed by atoms with E-state index in [0.717, 1.165) is 19.6 Å². The van der Waals surface area contributed by atoms with Crippen LogP contribution in [0.4, 0.5) is 10.1 Å². The molecule has 0 saturated carbocycles. The van der Waals surface area contributed by atoms with Crippen molar-refractivity contribution < 1.29 is 22.3 Å². The van der Waals surface area contributed by atoms with Gasteiger partial charge in [0.25, 0.3) is 5.91 Å². The number of nitrogens with zero attached hydrogens (tertiary/aromatic N) is 1. The first-order chi connectivity index (χ1) is 14.7. The third kappa shape index (κ3) is 6.57. The van der Waals surface area contributed by atoms with Crippen molar-refractivity contribution in [3.05, 3.63) is 59.4 Å². The van der Waals surface area contributed by atoms with Crippen molar-refractivity contribution in [1.82, 2.24) is 9.62 Å². The summed E-state index contributed by atoms with van der Waals surface area (Å²) in [6, 6.07) is 9.84. The van der Waals surface area contributed by atoms with Crippen LogP contribution in [0.25, 0.3) is 0 Å². The van der Waals surface area contributed by atoms with Gasteiger partial charge in [0.2, 0.25) is 10.0 Å². The Morgan fingerprint density at radius 1 is 1.19 bits per heavy atom. The van der Waals surface area contributed by atoms with Gasteiger partial charge in [0.1, 0.15) is 5.82 Å². The molecule has 9 heteroatoms. The predicted molar refractivity (Wildman–Crippen MR) is 117 cm³/mol. The van der Waals surface area contributed by atoms with Gasteiger partial charge < -0.3 is 10.1 Å². The minimum Gasteiger partial charge on any atom is -0.379 e. The molecule has 0 aliphatic carbocycles. The Bertz CT molecular complexity index is 1020. The van der Waals surface area contributed by atoms with Crippen molar-refractivity contribution in [2.75, 3.05) is 38.2 Å². The number of hydrogen-bond donors (Lipinski definition) is 2. The van der Waals surface area contributed by atoms with Gasteiger partial charge >= 0.3 is 0 Å². The van der Waals surface area contributed by atoms with Crippen LogP contribution < -0.4 is 10.0 Å². The highest BCUT2D eigenvalue weighted by Crippen LogP contribution is 2.17. The summed E-state index contributed by atoms with van der Waals surface area (Å²) >= 11 is 0. The van der Waals surface area contributed by atoms with Gasteiger partial charge in [0, 0.05) is 30.4 Å². The predicted octanol–water partition coefficient (Wildman–Crippen LogP) is 2.78. The first-order valence-electron chi connectivity index (χ1n) is 10.2. The summed E-state index contributed by atoms with van der Waals surface area (Å²) in [7, 11) is -3.78. The van der Waals surface area contributed by atoms with E-state index in [4.69, 9.17) is 4.74 Å². The Morgan fingerprint density at radius 3 is 2.65 bits per heavy atom. The molecule has 1 saturated heterocycles. The number of benzene rings is 2. The molecule has 31 heavy (non-hydrogen) atoms. The van der Waals surface area contributed by atoms with Gasteiger partial charge in [0.05, 0.1) is 18.1 Å². The smallest absolute Gasteiger partial charge is 0.255 e. The van der Waals surface area contributed by atoms with Crippen molar-refractivity contribution in [2.45, 2.75) is 31.2 Å². The average molecular weight is 450 g/mol. The van der Waals surface area contributed by atoms with Gasteiger partial charge in [-0.05, 0) is 68.8 Å². The summed E-state index contributed by atoms with van der Waals surface area (Å²) in [5, 5.41) is 2.67. The molecule has 1 heterocycles. The summed E-state index contributed by atoms with van der Waals surface area (Å²) in [4.78, 5) is 14.8. The van der Waals surface area contributed by atoms with Crippen molar-refractivity contribution in [3.63, 3.8) is 0 Å². The molecule has 3 rings (SSSR count). The zero-order valence-corrected chi connectivity index (χ0v) is 18.5. The number of carbonyl (C=O) groups is 1. The molecule has 1 fully saturated rings. The number of morpholine rings is 1. The van der Waals surface area contributed by atoms with Gasteiger partial charge in [0.15, 0.2) is 0 Å². The quantitative estimate of drug-likeness (QED) is 0.647. The molecule has 2 aromatic carbocycles. The van der Waals surface area contributed by atoms with E-state index < -0.39 is 15.9 Å². The zero-order valence-electron chi connectivity index (χ0n) is 17.7. The summed E-state index contributed by atoms with van der Waals surface area (Å²) in [6.45, 7) is 7.31. The normalized spacial score (nSPS) is 16.1. The third-order valence-electron chi connectivity index (χ3n) is 5.16. The standard InChI is InChI=1S/C22H28FN3O4S/c1-16-14-19(6-7-21(16)23)24-22(27)18-4-3-5-20(15-18)31(28,29)25-17(2)8-9-26-10-12-30-13-11-26/h3-7,14-15,17,25H,8-13H2,1-2H3,(H,24,27). The first kappa shape index (κ1) is 23.3. The monoisotopic (exact) mass is 449 g/mol. The number of carbonyl (C=O) groups excluding carboxylic acids is 1. The molecule has 7 nitrogen and oxygen atoms in total. The SMILES string of the molecule is Cc1cc(NC(=O)c2cccc(S(=O)(=O)NC(C)CCN3CCOCC3)c2)ccc1F. The lowest BCUT2D eigenvalue weighted by Crippen LogP contribution is -2.40. The summed E-state index contributed by atoms with van der Waals surface area (Å²) < 4.78 is 47.0. The molecule has 2 N–H and O–H groups in total. The number of amides is 1. The highest BCUT2D eigenvalue weighted by atomic mass is 32.2. The van der Waals surface area contributed by atoms with Crippen molar-refractivity contribution >= 4 is 21.6 Å². The Balaban J connectivity index is 1.63. The first-order valence-corrected chi connectivity index (χ1v) is 11.7.